The first-order valence-electron chi connectivity index (χ1n) is 9.50. The van der Waals surface area contributed by atoms with Crippen molar-refractivity contribution in [1.82, 2.24) is 10.3 Å². The van der Waals surface area contributed by atoms with Gasteiger partial charge < -0.3 is 19.7 Å². The van der Waals surface area contributed by atoms with Crippen molar-refractivity contribution in [2.24, 2.45) is 0 Å². The van der Waals surface area contributed by atoms with Gasteiger partial charge in [0.1, 0.15) is 5.60 Å². The van der Waals surface area contributed by atoms with Crippen molar-refractivity contribution < 1.29 is 23.9 Å². The van der Waals surface area contributed by atoms with Crippen molar-refractivity contribution in [1.29, 1.82) is 0 Å². The second kappa shape index (κ2) is 9.87. The Kier molecular flexibility index (Phi) is 7.52. The van der Waals surface area contributed by atoms with Crippen LogP contribution in [-0.4, -0.2) is 48.8 Å². The summed E-state index contributed by atoms with van der Waals surface area (Å²) >= 11 is 0. The first-order chi connectivity index (χ1) is 14.1. The summed E-state index contributed by atoms with van der Waals surface area (Å²) in [7, 11) is 1.32. The predicted molar refractivity (Wildman–Crippen MR) is 113 cm³/mol. The molecule has 8 heteroatoms. The fourth-order valence-corrected chi connectivity index (χ4v) is 2.67. The van der Waals surface area contributed by atoms with Gasteiger partial charge in [-0.15, -0.1) is 0 Å². The number of amides is 2. The molecule has 0 radical (unpaired) electrons. The molecule has 1 heterocycles. The molecule has 1 aromatic heterocycles. The first-order valence-corrected chi connectivity index (χ1v) is 9.50. The number of carbonyl (C=O) groups is 3. The Morgan fingerprint density at radius 2 is 1.73 bits per heavy atom. The van der Waals surface area contributed by atoms with Crippen LogP contribution >= 0.6 is 0 Å². The van der Waals surface area contributed by atoms with E-state index >= 15 is 0 Å². The van der Waals surface area contributed by atoms with Crippen LogP contribution in [0.4, 0.5) is 10.5 Å². The highest BCUT2D eigenvalue weighted by Gasteiger charge is 2.17. The third-order valence-electron chi connectivity index (χ3n) is 4.04. The third-order valence-corrected chi connectivity index (χ3v) is 4.04. The molecule has 0 bridgehead atoms. The summed E-state index contributed by atoms with van der Waals surface area (Å²) in [6.45, 7) is 7.39. The molecule has 0 saturated carbocycles. The number of anilines is 1. The van der Waals surface area contributed by atoms with Gasteiger partial charge in [-0.1, -0.05) is 12.1 Å². The number of esters is 1. The number of carbonyl (C=O) groups excluding carboxylic acids is 3. The van der Waals surface area contributed by atoms with Crippen LogP contribution in [-0.2, 0) is 14.3 Å². The molecule has 1 aromatic carbocycles. The molecule has 0 aliphatic heterocycles. The number of methoxy groups -OCH3 is 1. The van der Waals surface area contributed by atoms with Crippen LogP contribution in [0.15, 0.2) is 42.6 Å². The fraction of sp³-hybridized carbons (Fsp3) is 0.364. The van der Waals surface area contributed by atoms with Gasteiger partial charge in [-0.25, -0.2) is 9.59 Å². The molecule has 2 aromatic rings. The van der Waals surface area contributed by atoms with Crippen LogP contribution in [0.5, 0.6) is 0 Å². The summed E-state index contributed by atoms with van der Waals surface area (Å²) in [4.78, 5) is 41.2. The number of benzene rings is 1. The Hall–Kier alpha value is -3.42. The molecule has 8 nitrogen and oxygen atoms in total. The lowest BCUT2D eigenvalue weighted by molar-refractivity contribution is -0.116. The SMILES string of the molecule is COC(=O)c1ccc(-c2ccc(N(CCNC(=O)OC(C)(C)C)C(C)=O)cc2)nc1. The van der Waals surface area contributed by atoms with E-state index in [2.05, 4.69) is 15.0 Å². The fourth-order valence-electron chi connectivity index (χ4n) is 2.67. The number of alkyl carbamates (subject to hydrolysis) is 1. The number of ether oxygens (including phenoxy) is 2. The zero-order valence-electron chi connectivity index (χ0n) is 17.9. The predicted octanol–water partition coefficient (Wildman–Crippen LogP) is 3.41. The van der Waals surface area contributed by atoms with E-state index in [4.69, 9.17) is 4.74 Å². The van der Waals surface area contributed by atoms with Crippen LogP contribution < -0.4 is 10.2 Å². The second-order valence-corrected chi connectivity index (χ2v) is 7.57. The summed E-state index contributed by atoms with van der Waals surface area (Å²) in [5.74, 6) is -0.587. The smallest absolute Gasteiger partial charge is 0.407 e. The average Bonchev–Trinajstić information content (AvgIpc) is 2.69. The minimum atomic E-state index is -0.580. The van der Waals surface area contributed by atoms with Crippen molar-refractivity contribution in [3.05, 3.63) is 48.2 Å². The largest absolute Gasteiger partial charge is 0.465 e. The summed E-state index contributed by atoms with van der Waals surface area (Å²) in [5.41, 5.74) is 2.02. The molecule has 0 atom stereocenters. The minimum absolute atomic E-state index is 0.144. The molecule has 0 spiro atoms. The van der Waals surface area contributed by atoms with E-state index in [1.54, 1.807) is 49.9 Å². The monoisotopic (exact) mass is 413 g/mol. The van der Waals surface area contributed by atoms with Crippen molar-refractivity contribution in [2.75, 3.05) is 25.1 Å². The number of aromatic nitrogens is 1. The van der Waals surface area contributed by atoms with Gasteiger partial charge in [-0.2, -0.15) is 0 Å². The molecular weight excluding hydrogens is 386 g/mol. The molecule has 0 saturated heterocycles. The van der Waals surface area contributed by atoms with Crippen LogP contribution in [0, 0.1) is 0 Å². The molecule has 0 aliphatic rings. The molecule has 0 fully saturated rings. The zero-order chi connectivity index (χ0) is 22.3. The van der Waals surface area contributed by atoms with E-state index in [0.29, 0.717) is 23.5 Å². The molecule has 0 unspecified atom stereocenters. The number of nitrogens with one attached hydrogen (secondary N) is 1. The Labute approximate surface area is 176 Å². The average molecular weight is 413 g/mol. The van der Waals surface area contributed by atoms with Gasteiger partial charge in [-0.05, 0) is 45.0 Å². The number of rotatable bonds is 6. The highest BCUT2D eigenvalue weighted by atomic mass is 16.6. The number of hydrogen-bond donors (Lipinski definition) is 1. The van der Waals surface area contributed by atoms with E-state index in [1.165, 1.54) is 20.2 Å². The Balaban J connectivity index is 2.03. The Morgan fingerprint density at radius 3 is 2.23 bits per heavy atom. The van der Waals surface area contributed by atoms with Gasteiger partial charge in [0.05, 0.1) is 18.4 Å². The lowest BCUT2D eigenvalue weighted by Gasteiger charge is -2.23. The molecule has 1 N–H and O–H groups in total. The standard InChI is InChI=1S/C22H27N3O5/c1-15(26)25(13-12-23-21(28)30-22(2,3)4)18-9-6-16(7-10-18)19-11-8-17(14-24-19)20(27)29-5/h6-11,14H,12-13H2,1-5H3,(H,23,28). The molecule has 160 valence electrons. The number of pyridine rings is 1. The van der Waals surface area contributed by atoms with E-state index in [1.807, 2.05) is 12.1 Å². The number of nitrogens with zero attached hydrogens (tertiary/aromatic N) is 2. The van der Waals surface area contributed by atoms with E-state index in [-0.39, 0.29) is 12.5 Å². The van der Waals surface area contributed by atoms with Crippen LogP contribution in [0.3, 0.4) is 0 Å². The summed E-state index contributed by atoms with van der Waals surface area (Å²) < 4.78 is 9.86. The van der Waals surface area contributed by atoms with Crippen LogP contribution in [0.25, 0.3) is 11.3 Å². The second-order valence-electron chi connectivity index (χ2n) is 7.57. The first kappa shape index (κ1) is 22.9. The van der Waals surface area contributed by atoms with E-state index in [0.717, 1.165) is 5.56 Å². The molecule has 2 rings (SSSR count). The highest BCUT2D eigenvalue weighted by Crippen LogP contribution is 2.22. The summed E-state index contributed by atoms with van der Waals surface area (Å²) in [6.07, 6.45) is 0.932. The highest BCUT2D eigenvalue weighted by molar-refractivity contribution is 5.92. The topological polar surface area (TPSA) is 97.8 Å². The van der Waals surface area contributed by atoms with Gasteiger partial charge in [0.2, 0.25) is 5.91 Å². The molecule has 30 heavy (non-hydrogen) atoms. The molecular formula is C22H27N3O5. The Bertz CT molecular complexity index is 886. The maximum atomic E-state index is 12.1. The van der Waals surface area contributed by atoms with Crippen molar-refractivity contribution >= 4 is 23.7 Å². The lowest BCUT2D eigenvalue weighted by atomic mass is 10.1. The molecule has 0 aliphatic carbocycles. The molecule has 2 amide bonds. The quantitative estimate of drug-likeness (QED) is 0.729. The lowest BCUT2D eigenvalue weighted by Crippen LogP contribution is -2.39. The van der Waals surface area contributed by atoms with E-state index < -0.39 is 17.7 Å². The van der Waals surface area contributed by atoms with Gasteiger partial charge >= 0.3 is 12.1 Å². The Morgan fingerprint density at radius 1 is 1.07 bits per heavy atom. The van der Waals surface area contributed by atoms with Gasteiger partial charge in [0, 0.05) is 37.5 Å². The minimum Gasteiger partial charge on any atom is -0.465 e. The van der Waals surface area contributed by atoms with Gasteiger partial charge in [0.15, 0.2) is 0 Å². The normalized spacial score (nSPS) is 10.8. The van der Waals surface area contributed by atoms with E-state index in [9.17, 15) is 14.4 Å². The van der Waals surface area contributed by atoms with Crippen molar-refractivity contribution in [3.8, 4) is 11.3 Å². The summed E-state index contributed by atoms with van der Waals surface area (Å²) in [6, 6.07) is 10.7. The zero-order valence-corrected chi connectivity index (χ0v) is 17.9. The maximum absolute atomic E-state index is 12.1. The summed E-state index contributed by atoms with van der Waals surface area (Å²) in [5, 5.41) is 2.65. The van der Waals surface area contributed by atoms with Crippen LogP contribution in [0.1, 0.15) is 38.1 Å². The van der Waals surface area contributed by atoms with Gasteiger partial charge in [0.25, 0.3) is 0 Å². The third kappa shape index (κ3) is 6.58. The van der Waals surface area contributed by atoms with Crippen molar-refractivity contribution in [3.63, 3.8) is 0 Å². The van der Waals surface area contributed by atoms with Crippen molar-refractivity contribution in [2.45, 2.75) is 33.3 Å². The maximum Gasteiger partial charge on any atom is 0.407 e. The number of hydrogen-bond acceptors (Lipinski definition) is 6. The van der Waals surface area contributed by atoms with Gasteiger partial charge in [-0.3, -0.25) is 9.78 Å². The van der Waals surface area contributed by atoms with Crippen LogP contribution in [0.2, 0.25) is 0 Å².